The zero-order valence-corrected chi connectivity index (χ0v) is 21.8. The molecule has 0 unspecified atom stereocenters. The van der Waals surface area contributed by atoms with Gasteiger partial charge in [0, 0.05) is 11.3 Å². The quantitative estimate of drug-likeness (QED) is 0.159. The van der Waals surface area contributed by atoms with Crippen molar-refractivity contribution in [2.45, 2.75) is 32.1 Å². The molecule has 37 heavy (non-hydrogen) atoms. The summed E-state index contributed by atoms with van der Waals surface area (Å²) in [5, 5.41) is 12.4. The van der Waals surface area contributed by atoms with Crippen molar-refractivity contribution in [2.75, 3.05) is 11.9 Å². The number of hydrogen-bond donors (Lipinski definition) is 1. The third kappa shape index (κ3) is 7.09. The lowest BCUT2D eigenvalue weighted by Crippen LogP contribution is -2.14. The highest BCUT2D eigenvalue weighted by Crippen LogP contribution is 2.37. The number of amides is 1. The van der Waals surface area contributed by atoms with Gasteiger partial charge in [-0.2, -0.15) is 13.7 Å². The van der Waals surface area contributed by atoms with Crippen molar-refractivity contribution < 1.29 is 22.1 Å². The van der Waals surface area contributed by atoms with Crippen molar-refractivity contribution in [1.82, 2.24) is 0 Å². The Hall–Kier alpha value is -4.35. The van der Waals surface area contributed by atoms with E-state index in [0.29, 0.717) is 16.8 Å². The van der Waals surface area contributed by atoms with E-state index in [-0.39, 0.29) is 35.0 Å². The van der Waals surface area contributed by atoms with Gasteiger partial charge in [0.05, 0.1) is 6.61 Å². The number of nitriles is 1. The van der Waals surface area contributed by atoms with Gasteiger partial charge in [0.15, 0.2) is 11.5 Å². The van der Waals surface area contributed by atoms with Crippen LogP contribution < -0.4 is 14.2 Å². The second kappa shape index (κ2) is 12.1. The Morgan fingerprint density at radius 2 is 1.81 bits per heavy atom. The minimum Gasteiger partial charge on any atom is -0.490 e. The first-order valence-corrected chi connectivity index (χ1v) is 13.0. The Labute approximate surface area is 217 Å². The summed E-state index contributed by atoms with van der Waals surface area (Å²) >= 11 is 0. The van der Waals surface area contributed by atoms with Gasteiger partial charge in [-0.1, -0.05) is 35.9 Å². The summed E-state index contributed by atoms with van der Waals surface area (Å²) in [6.45, 7) is 9.49. The molecule has 0 fully saturated rings. The van der Waals surface area contributed by atoms with Gasteiger partial charge in [0.1, 0.15) is 16.5 Å². The fraction of sp³-hybridized carbons (Fsp3) is 0.172. The zero-order valence-electron chi connectivity index (χ0n) is 20.9. The number of hydrogen-bond acceptors (Lipinski definition) is 6. The second-order valence-corrected chi connectivity index (χ2v) is 9.82. The number of carbonyl (C=O) groups is 1. The molecule has 0 aliphatic rings. The first-order chi connectivity index (χ1) is 17.7. The van der Waals surface area contributed by atoms with Crippen molar-refractivity contribution in [3.63, 3.8) is 0 Å². The number of carbonyl (C=O) groups excluding carboxylic acids is 1. The van der Waals surface area contributed by atoms with Crippen molar-refractivity contribution >= 4 is 27.8 Å². The molecule has 0 radical (unpaired) electrons. The fourth-order valence-electron chi connectivity index (χ4n) is 3.53. The predicted molar refractivity (Wildman–Crippen MR) is 144 cm³/mol. The summed E-state index contributed by atoms with van der Waals surface area (Å²) in [6.07, 6.45) is 3.27. The van der Waals surface area contributed by atoms with Crippen molar-refractivity contribution in [3.05, 3.63) is 101 Å². The van der Waals surface area contributed by atoms with E-state index in [1.807, 2.05) is 26.0 Å². The molecule has 190 valence electrons. The average Bonchev–Trinajstić information content (AvgIpc) is 2.85. The number of benzene rings is 3. The van der Waals surface area contributed by atoms with Crippen molar-refractivity contribution in [1.29, 1.82) is 5.26 Å². The molecule has 8 heteroatoms. The Balaban J connectivity index is 2.02. The van der Waals surface area contributed by atoms with Crippen LogP contribution in [0.15, 0.2) is 83.8 Å². The normalized spacial score (nSPS) is 11.4. The van der Waals surface area contributed by atoms with Gasteiger partial charge in [0.25, 0.3) is 5.91 Å². The predicted octanol–water partition coefficient (Wildman–Crippen LogP) is 5.74. The molecule has 3 aromatic rings. The Morgan fingerprint density at radius 1 is 1.08 bits per heavy atom. The third-order valence-electron chi connectivity index (χ3n) is 5.27. The fourth-order valence-corrected chi connectivity index (χ4v) is 4.50. The summed E-state index contributed by atoms with van der Waals surface area (Å²) < 4.78 is 37.3. The Kier molecular flexibility index (Phi) is 8.88. The summed E-state index contributed by atoms with van der Waals surface area (Å²) in [6, 6.07) is 18.6. The van der Waals surface area contributed by atoms with Crippen LogP contribution in [0.5, 0.6) is 11.5 Å². The molecule has 0 aromatic heterocycles. The number of ether oxygens (including phenoxy) is 1. The lowest BCUT2D eigenvalue weighted by Gasteiger charge is -2.16. The largest absolute Gasteiger partial charge is 0.490 e. The highest BCUT2D eigenvalue weighted by Gasteiger charge is 2.23. The summed E-state index contributed by atoms with van der Waals surface area (Å²) in [7, 11) is -4.15. The maximum atomic E-state index is 13.0. The van der Waals surface area contributed by atoms with E-state index >= 15 is 0 Å². The van der Waals surface area contributed by atoms with E-state index in [2.05, 4.69) is 11.9 Å². The first kappa shape index (κ1) is 27.2. The maximum absolute atomic E-state index is 13.0. The highest BCUT2D eigenvalue weighted by atomic mass is 32.2. The maximum Gasteiger partial charge on any atom is 0.339 e. The van der Waals surface area contributed by atoms with E-state index in [4.69, 9.17) is 8.92 Å². The zero-order chi connectivity index (χ0) is 27.0. The molecule has 3 aromatic carbocycles. The first-order valence-electron chi connectivity index (χ1n) is 11.6. The van der Waals surface area contributed by atoms with Gasteiger partial charge < -0.3 is 14.2 Å². The van der Waals surface area contributed by atoms with Crippen LogP contribution in [0.3, 0.4) is 0 Å². The van der Waals surface area contributed by atoms with Gasteiger partial charge in [-0.05, 0) is 80.8 Å². The molecule has 0 atom stereocenters. The average molecular weight is 517 g/mol. The van der Waals surface area contributed by atoms with Crippen molar-refractivity contribution in [3.8, 4) is 17.6 Å². The number of nitrogens with zero attached hydrogens (tertiary/aromatic N) is 1. The second-order valence-electron chi connectivity index (χ2n) is 8.28. The van der Waals surface area contributed by atoms with Crippen LogP contribution in [0.4, 0.5) is 5.69 Å². The molecule has 3 rings (SSSR count). The number of aryl methyl sites for hydroxylation is 2. The lowest BCUT2D eigenvalue weighted by molar-refractivity contribution is -0.112. The van der Waals surface area contributed by atoms with E-state index in [9.17, 15) is 18.5 Å². The molecule has 1 amide bonds. The van der Waals surface area contributed by atoms with E-state index in [1.165, 1.54) is 24.3 Å². The molecule has 0 heterocycles. The highest BCUT2D eigenvalue weighted by molar-refractivity contribution is 7.87. The molecule has 1 N–H and O–H groups in total. The van der Waals surface area contributed by atoms with Crippen LogP contribution in [0.25, 0.3) is 6.08 Å². The molecule has 0 spiro atoms. The van der Waals surface area contributed by atoms with E-state index < -0.39 is 16.0 Å². The van der Waals surface area contributed by atoms with Crippen LogP contribution >= 0.6 is 0 Å². The standard InChI is InChI=1S/C29H28N2O5S/c1-5-8-23-16-22(17-24(19-30)29(32)31-25-10-7-9-21(4)15-25)18-27(35-6-2)28(23)36-37(33,34)26-13-11-20(3)12-14-26/h5,7,9-18H,1,6,8H2,2-4H3,(H,31,32)/b24-17+. The summed E-state index contributed by atoms with van der Waals surface area (Å²) in [5.74, 6) is -0.374. The topological polar surface area (TPSA) is 105 Å². The monoisotopic (exact) mass is 516 g/mol. The Morgan fingerprint density at radius 3 is 2.43 bits per heavy atom. The minimum absolute atomic E-state index is 0.00802. The number of nitrogens with one attached hydrogen (secondary N) is 1. The third-order valence-corrected chi connectivity index (χ3v) is 6.51. The van der Waals surface area contributed by atoms with Crippen LogP contribution in [0.2, 0.25) is 0 Å². The molecule has 0 aliphatic heterocycles. The summed E-state index contributed by atoms with van der Waals surface area (Å²) in [4.78, 5) is 12.8. The smallest absolute Gasteiger partial charge is 0.339 e. The molecular weight excluding hydrogens is 488 g/mol. The molecule has 0 saturated carbocycles. The number of rotatable bonds is 10. The summed E-state index contributed by atoms with van der Waals surface area (Å²) in [5.41, 5.74) is 3.26. The van der Waals surface area contributed by atoms with Crippen LogP contribution in [0.1, 0.15) is 29.2 Å². The SMILES string of the molecule is C=CCc1cc(/C=C(\C#N)C(=O)Nc2cccc(C)c2)cc(OCC)c1OS(=O)(=O)c1ccc(C)cc1. The molecular formula is C29H28N2O5S. The Bertz CT molecular complexity index is 1480. The van der Waals surface area contributed by atoms with Crippen LogP contribution in [-0.2, 0) is 21.3 Å². The number of anilines is 1. The number of allylic oxidation sites excluding steroid dienone is 1. The van der Waals surface area contributed by atoms with Crippen molar-refractivity contribution in [2.24, 2.45) is 0 Å². The van der Waals surface area contributed by atoms with Gasteiger partial charge in [-0.25, -0.2) is 0 Å². The van der Waals surface area contributed by atoms with Gasteiger partial charge in [-0.3, -0.25) is 4.79 Å². The molecule has 0 bridgehead atoms. The van der Waals surface area contributed by atoms with E-state index in [1.54, 1.807) is 49.4 Å². The lowest BCUT2D eigenvalue weighted by atomic mass is 10.0. The minimum atomic E-state index is -4.15. The van der Waals surface area contributed by atoms with Crippen LogP contribution in [0, 0.1) is 25.2 Å². The van der Waals surface area contributed by atoms with Gasteiger partial charge >= 0.3 is 10.1 Å². The van der Waals surface area contributed by atoms with Crippen LogP contribution in [-0.4, -0.2) is 20.9 Å². The molecule has 0 aliphatic carbocycles. The van der Waals surface area contributed by atoms with Gasteiger partial charge in [0.2, 0.25) is 0 Å². The molecule has 7 nitrogen and oxygen atoms in total. The van der Waals surface area contributed by atoms with Gasteiger partial charge in [-0.15, -0.1) is 6.58 Å². The van der Waals surface area contributed by atoms with E-state index in [0.717, 1.165) is 11.1 Å². The molecule has 0 saturated heterocycles.